The van der Waals surface area contributed by atoms with E-state index in [4.69, 9.17) is 9.90 Å². The fraction of sp³-hybridized carbons (Fsp3) is 0.450. The Morgan fingerprint density at radius 1 is 1.27 bits per heavy atom. The van der Waals surface area contributed by atoms with Crippen LogP contribution in [0.4, 0.5) is 0 Å². The molecule has 158 valence electrons. The average molecular weight is 412 g/mol. The van der Waals surface area contributed by atoms with E-state index in [2.05, 4.69) is 15.1 Å². The highest BCUT2D eigenvalue weighted by molar-refractivity contribution is 5.94. The molecule has 0 bridgehead atoms. The quantitative estimate of drug-likeness (QED) is 0.602. The van der Waals surface area contributed by atoms with Crippen molar-refractivity contribution >= 4 is 18.0 Å². The molecule has 10 heteroatoms. The SMILES string of the molecule is Cc1cc2ncc(C(=O)N3C[C@H]4C[C@@H](n5ccnc5)[C@H](O)C[C@H]4C3)cn2n1.O=CO. The monoisotopic (exact) mass is 412 g/mol. The van der Waals surface area contributed by atoms with E-state index in [1.54, 1.807) is 29.4 Å². The highest BCUT2D eigenvalue weighted by atomic mass is 16.3. The Bertz CT molecular complexity index is 1030. The summed E-state index contributed by atoms with van der Waals surface area (Å²) in [6, 6.07) is 1.92. The number of hydrogen-bond donors (Lipinski definition) is 2. The molecule has 3 aromatic rings. The van der Waals surface area contributed by atoms with Gasteiger partial charge in [0, 0.05) is 43.9 Å². The topological polar surface area (TPSA) is 126 Å². The highest BCUT2D eigenvalue weighted by Gasteiger charge is 2.43. The fourth-order valence-corrected chi connectivity index (χ4v) is 4.65. The molecule has 1 saturated heterocycles. The molecule has 3 aromatic heterocycles. The van der Waals surface area contributed by atoms with Crippen molar-refractivity contribution in [2.75, 3.05) is 13.1 Å². The van der Waals surface area contributed by atoms with Crippen LogP contribution in [0.2, 0.25) is 0 Å². The van der Waals surface area contributed by atoms with E-state index in [1.807, 2.05) is 28.7 Å². The average Bonchev–Trinajstić information content (AvgIpc) is 3.45. The third kappa shape index (κ3) is 3.78. The molecule has 1 aliphatic heterocycles. The zero-order chi connectivity index (χ0) is 21.3. The van der Waals surface area contributed by atoms with Crippen LogP contribution in [0.3, 0.4) is 0 Å². The minimum Gasteiger partial charge on any atom is -0.483 e. The molecule has 2 aliphatic rings. The third-order valence-electron chi connectivity index (χ3n) is 5.99. The van der Waals surface area contributed by atoms with Gasteiger partial charge in [-0.1, -0.05) is 0 Å². The first-order valence-electron chi connectivity index (χ1n) is 9.84. The zero-order valence-electron chi connectivity index (χ0n) is 16.6. The number of amides is 1. The minimum absolute atomic E-state index is 0.0133. The van der Waals surface area contributed by atoms with Gasteiger partial charge in [0.1, 0.15) is 0 Å². The Balaban J connectivity index is 0.000000687. The number of hydrogen-bond acceptors (Lipinski definition) is 6. The van der Waals surface area contributed by atoms with Gasteiger partial charge in [-0.3, -0.25) is 9.59 Å². The number of imidazole rings is 1. The molecule has 2 N–H and O–H groups in total. The van der Waals surface area contributed by atoms with Gasteiger partial charge in [-0.25, -0.2) is 14.5 Å². The lowest BCUT2D eigenvalue weighted by molar-refractivity contribution is -0.122. The second kappa shape index (κ2) is 8.23. The maximum absolute atomic E-state index is 13.0. The van der Waals surface area contributed by atoms with Crippen LogP contribution in [0.5, 0.6) is 0 Å². The van der Waals surface area contributed by atoms with Crippen molar-refractivity contribution in [3.05, 3.63) is 48.4 Å². The molecule has 0 unspecified atom stereocenters. The summed E-state index contributed by atoms with van der Waals surface area (Å²) < 4.78 is 3.65. The molecule has 30 heavy (non-hydrogen) atoms. The van der Waals surface area contributed by atoms with Crippen LogP contribution in [-0.4, -0.2) is 70.8 Å². The molecule has 5 rings (SSSR count). The summed E-state index contributed by atoms with van der Waals surface area (Å²) in [5.41, 5.74) is 2.17. The number of aliphatic hydroxyl groups excluding tert-OH is 1. The lowest BCUT2D eigenvalue weighted by atomic mass is 9.77. The molecular weight excluding hydrogens is 388 g/mol. The zero-order valence-corrected chi connectivity index (χ0v) is 16.6. The van der Waals surface area contributed by atoms with Gasteiger partial charge >= 0.3 is 0 Å². The molecule has 4 atom stereocenters. The van der Waals surface area contributed by atoms with Crippen LogP contribution in [0.1, 0.15) is 34.9 Å². The Labute approximate surface area is 172 Å². The Hall–Kier alpha value is -3.27. The summed E-state index contributed by atoms with van der Waals surface area (Å²) in [5.74, 6) is 0.723. The second-order valence-corrected chi connectivity index (χ2v) is 7.88. The molecule has 10 nitrogen and oxygen atoms in total. The number of carbonyl (C=O) groups is 2. The third-order valence-corrected chi connectivity index (χ3v) is 5.99. The maximum atomic E-state index is 13.0. The van der Waals surface area contributed by atoms with E-state index in [0.717, 1.165) is 24.3 Å². The minimum atomic E-state index is -0.402. The Morgan fingerprint density at radius 2 is 2.00 bits per heavy atom. The molecule has 4 heterocycles. The number of nitrogens with zero attached hydrogens (tertiary/aromatic N) is 6. The Kier molecular flexibility index (Phi) is 5.49. The number of aliphatic hydroxyl groups is 1. The fourth-order valence-electron chi connectivity index (χ4n) is 4.65. The number of fused-ring (bicyclic) bond motifs is 2. The first-order chi connectivity index (χ1) is 14.5. The normalized spacial score (nSPS) is 25.5. The number of aryl methyl sites for hydroxylation is 1. The van der Waals surface area contributed by atoms with E-state index >= 15 is 0 Å². The summed E-state index contributed by atoms with van der Waals surface area (Å²) in [4.78, 5) is 31.7. The van der Waals surface area contributed by atoms with Crippen LogP contribution < -0.4 is 0 Å². The van der Waals surface area contributed by atoms with Gasteiger partial charge in [-0.15, -0.1) is 0 Å². The van der Waals surface area contributed by atoms with Gasteiger partial charge in [0.05, 0.1) is 29.7 Å². The van der Waals surface area contributed by atoms with E-state index in [9.17, 15) is 9.90 Å². The van der Waals surface area contributed by atoms with Crippen molar-refractivity contribution in [3.8, 4) is 0 Å². The van der Waals surface area contributed by atoms with Crippen LogP contribution in [-0.2, 0) is 4.79 Å². The van der Waals surface area contributed by atoms with E-state index in [0.29, 0.717) is 30.4 Å². The van der Waals surface area contributed by atoms with Crippen molar-refractivity contribution in [1.29, 1.82) is 0 Å². The smallest absolute Gasteiger partial charge is 0.290 e. The van der Waals surface area contributed by atoms with Gasteiger partial charge in [0.15, 0.2) is 5.65 Å². The summed E-state index contributed by atoms with van der Waals surface area (Å²) in [7, 11) is 0. The van der Waals surface area contributed by atoms with E-state index in [-0.39, 0.29) is 18.4 Å². The van der Waals surface area contributed by atoms with E-state index < -0.39 is 6.10 Å². The largest absolute Gasteiger partial charge is 0.483 e. The van der Waals surface area contributed by atoms with Crippen LogP contribution in [0.25, 0.3) is 5.65 Å². The van der Waals surface area contributed by atoms with Crippen molar-refractivity contribution in [3.63, 3.8) is 0 Å². The molecule has 0 radical (unpaired) electrons. The first-order valence-corrected chi connectivity index (χ1v) is 9.84. The maximum Gasteiger partial charge on any atom is 0.290 e. The number of carbonyl (C=O) groups excluding carboxylic acids is 1. The van der Waals surface area contributed by atoms with Gasteiger partial charge in [-0.2, -0.15) is 5.10 Å². The van der Waals surface area contributed by atoms with Crippen molar-refractivity contribution in [1.82, 2.24) is 29.0 Å². The van der Waals surface area contributed by atoms with Crippen LogP contribution >= 0.6 is 0 Å². The summed E-state index contributed by atoms with van der Waals surface area (Å²) in [5, 5.41) is 21.8. The molecular formula is C20H24N6O4. The van der Waals surface area contributed by atoms with Gasteiger partial charge < -0.3 is 19.7 Å². The molecule has 1 aliphatic carbocycles. The summed E-state index contributed by atoms with van der Waals surface area (Å²) >= 11 is 0. The van der Waals surface area contributed by atoms with Crippen LogP contribution in [0.15, 0.2) is 37.2 Å². The highest BCUT2D eigenvalue weighted by Crippen LogP contribution is 2.41. The van der Waals surface area contributed by atoms with Crippen LogP contribution in [0, 0.1) is 18.8 Å². The predicted molar refractivity (Wildman–Crippen MR) is 106 cm³/mol. The van der Waals surface area contributed by atoms with E-state index in [1.165, 1.54) is 0 Å². The lowest BCUT2D eigenvalue weighted by Crippen LogP contribution is -2.35. The van der Waals surface area contributed by atoms with Gasteiger partial charge in [0.2, 0.25) is 0 Å². The number of rotatable bonds is 2. The lowest BCUT2D eigenvalue weighted by Gasteiger charge is -2.35. The van der Waals surface area contributed by atoms with Gasteiger partial charge in [-0.05, 0) is 31.6 Å². The number of carboxylic acid groups (broad SMARTS) is 1. The first kappa shape index (κ1) is 20.0. The standard InChI is InChI=1S/C19H22N6O2.CH2O2/c1-12-4-18-21-7-15(10-25(18)22-12)19(27)24-8-13-5-16(23-3-2-20-11-23)17(26)6-14(13)9-24;2-1-3/h2-4,7,10-11,13-14,16-17,26H,5-6,8-9H2,1H3;1H,(H,2,3)/t13-,14+,16-,17-;/m1./s1. The van der Waals surface area contributed by atoms with Crippen molar-refractivity contribution in [2.45, 2.75) is 31.9 Å². The van der Waals surface area contributed by atoms with Gasteiger partial charge in [0.25, 0.3) is 12.4 Å². The summed E-state index contributed by atoms with van der Waals surface area (Å²) in [6.45, 7) is 3.06. The van der Waals surface area contributed by atoms with Crippen molar-refractivity contribution < 1.29 is 19.8 Å². The van der Waals surface area contributed by atoms with Crippen molar-refractivity contribution in [2.24, 2.45) is 11.8 Å². The predicted octanol–water partition coefficient (Wildman–Crippen LogP) is 1.02. The molecule has 2 fully saturated rings. The second-order valence-electron chi connectivity index (χ2n) is 7.88. The number of aromatic nitrogens is 5. The Morgan fingerprint density at radius 3 is 2.70 bits per heavy atom. The molecule has 1 amide bonds. The molecule has 0 spiro atoms. The number of likely N-dealkylation sites (tertiary alicyclic amines) is 1. The molecule has 1 saturated carbocycles. The molecule has 0 aromatic carbocycles. The summed E-state index contributed by atoms with van der Waals surface area (Å²) in [6.07, 6.45) is 9.96.